The first-order chi connectivity index (χ1) is 14.1. The van der Waals surface area contributed by atoms with Gasteiger partial charge in [0.15, 0.2) is 0 Å². The van der Waals surface area contributed by atoms with E-state index in [9.17, 15) is 9.59 Å². The van der Waals surface area contributed by atoms with E-state index in [0.717, 1.165) is 24.9 Å². The number of fused-ring (bicyclic) bond motifs is 2. The fourth-order valence-electron chi connectivity index (χ4n) is 4.22. The van der Waals surface area contributed by atoms with E-state index in [2.05, 4.69) is 10.6 Å². The van der Waals surface area contributed by atoms with Gasteiger partial charge in [-0.05, 0) is 49.1 Å². The van der Waals surface area contributed by atoms with Crippen LogP contribution < -0.4 is 15.4 Å². The second-order valence-electron chi connectivity index (χ2n) is 7.76. The van der Waals surface area contributed by atoms with Crippen LogP contribution in [0, 0.1) is 0 Å². The van der Waals surface area contributed by atoms with Crippen molar-refractivity contribution >= 4 is 24.2 Å². The molecular weight excluding hydrogens is 402 g/mol. The highest BCUT2D eigenvalue weighted by Crippen LogP contribution is 2.24. The first kappa shape index (κ1) is 22.1. The zero-order chi connectivity index (χ0) is 20.2. The van der Waals surface area contributed by atoms with Crippen LogP contribution in [0.5, 0.6) is 5.75 Å². The lowest BCUT2D eigenvalue weighted by Gasteiger charge is -2.29. The average Bonchev–Trinajstić information content (AvgIpc) is 3.10. The largest absolute Gasteiger partial charge is 0.497 e. The molecular formula is C23H28ClN3O3. The van der Waals surface area contributed by atoms with Crippen LogP contribution in [-0.2, 0) is 4.79 Å². The van der Waals surface area contributed by atoms with Gasteiger partial charge in [-0.3, -0.25) is 9.59 Å². The van der Waals surface area contributed by atoms with Crippen molar-refractivity contribution in [3.05, 3.63) is 65.7 Å². The van der Waals surface area contributed by atoms with E-state index in [0.29, 0.717) is 29.9 Å². The second kappa shape index (κ2) is 9.96. The quantitative estimate of drug-likeness (QED) is 0.766. The number of benzene rings is 2. The third-order valence-corrected chi connectivity index (χ3v) is 5.84. The Labute approximate surface area is 183 Å². The summed E-state index contributed by atoms with van der Waals surface area (Å²) in [6.45, 7) is 1.41. The third kappa shape index (κ3) is 4.94. The van der Waals surface area contributed by atoms with Crippen molar-refractivity contribution < 1.29 is 14.3 Å². The van der Waals surface area contributed by atoms with Gasteiger partial charge in [-0.1, -0.05) is 30.3 Å². The molecule has 0 saturated carbocycles. The molecule has 2 aliphatic rings. The molecule has 2 saturated heterocycles. The highest BCUT2D eigenvalue weighted by Gasteiger charge is 2.34. The van der Waals surface area contributed by atoms with Gasteiger partial charge in [-0.15, -0.1) is 12.4 Å². The third-order valence-electron chi connectivity index (χ3n) is 5.84. The van der Waals surface area contributed by atoms with Crippen molar-refractivity contribution in [3.8, 4) is 5.75 Å². The van der Waals surface area contributed by atoms with Crippen LogP contribution >= 0.6 is 12.4 Å². The van der Waals surface area contributed by atoms with Crippen LogP contribution in [0.15, 0.2) is 54.6 Å². The van der Waals surface area contributed by atoms with Crippen LogP contribution in [0.1, 0.15) is 41.2 Å². The normalized spacial score (nSPS) is 21.2. The van der Waals surface area contributed by atoms with Gasteiger partial charge in [0.25, 0.3) is 5.91 Å². The Morgan fingerprint density at radius 2 is 1.73 bits per heavy atom. The summed E-state index contributed by atoms with van der Waals surface area (Å²) < 4.78 is 5.15. The topological polar surface area (TPSA) is 70.7 Å². The number of ether oxygens (including phenoxy) is 1. The molecule has 2 amide bonds. The van der Waals surface area contributed by atoms with Gasteiger partial charge >= 0.3 is 0 Å². The van der Waals surface area contributed by atoms with Crippen LogP contribution in [0.2, 0.25) is 0 Å². The first-order valence-electron chi connectivity index (χ1n) is 10.2. The number of carbonyl (C=O) groups excluding carboxylic acids is 2. The molecule has 2 aromatic carbocycles. The van der Waals surface area contributed by atoms with E-state index in [1.54, 1.807) is 31.4 Å². The highest BCUT2D eigenvalue weighted by atomic mass is 35.5. The van der Waals surface area contributed by atoms with Crippen molar-refractivity contribution in [1.82, 2.24) is 15.5 Å². The monoisotopic (exact) mass is 429 g/mol. The van der Waals surface area contributed by atoms with Crippen molar-refractivity contribution in [2.45, 2.75) is 37.4 Å². The maximum atomic E-state index is 13.5. The SMILES string of the molecule is COc1ccc(C(=O)NC(C(=O)N2CCC3CCC(C2)N3)c2ccccc2)cc1.Cl. The molecule has 0 aliphatic carbocycles. The van der Waals surface area contributed by atoms with E-state index < -0.39 is 6.04 Å². The summed E-state index contributed by atoms with van der Waals surface area (Å²) in [5, 5.41) is 6.56. The second-order valence-corrected chi connectivity index (χ2v) is 7.76. The minimum atomic E-state index is -0.706. The minimum Gasteiger partial charge on any atom is -0.497 e. The van der Waals surface area contributed by atoms with E-state index in [1.807, 2.05) is 35.2 Å². The van der Waals surface area contributed by atoms with Gasteiger partial charge < -0.3 is 20.3 Å². The van der Waals surface area contributed by atoms with E-state index in [1.165, 1.54) is 6.42 Å². The summed E-state index contributed by atoms with van der Waals surface area (Å²) >= 11 is 0. The Hall–Kier alpha value is -2.57. The van der Waals surface area contributed by atoms with E-state index in [-0.39, 0.29) is 24.2 Å². The molecule has 2 aliphatic heterocycles. The van der Waals surface area contributed by atoms with Crippen molar-refractivity contribution in [1.29, 1.82) is 0 Å². The standard InChI is InChI=1S/C23H27N3O3.ClH/c1-29-20-11-7-17(8-12-20)22(27)25-21(16-5-3-2-4-6-16)23(28)26-14-13-18-9-10-19(15-26)24-18;/h2-8,11-12,18-19,21,24H,9-10,13-15H2,1H3,(H,25,27);1H. The number of hydrogen-bond acceptors (Lipinski definition) is 4. The smallest absolute Gasteiger partial charge is 0.252 e. The lowest BCUT2D eigenvalue weighted by atomic mass is 10.0. The number of likely N-dealkylation sites (tertiary alicyclic amines) is 1. The Morgan fingerprint density at radius 1 is 1.03 bits per heavy atom. The number of amides is 2. The molecule has 2 heterocycles. The number of rotatable bonds is 5. The van der Waals surface area contributed by atoms with E-state index in [4.69, 9.17) is 4.74 Å². The molecule has 6 nitrogen and oxygen atoms in total. The number of halogens is 1. The van der Waals surface area contributed by atoms with Gasteiger partial charge in [-0.25, -0.2) is 0 Å². The minimum absolute atomic E-state index is 0. The van der Waals surface area contributed by atoms with Gasteiger partial charge in [0.05, 0.1) is 7.11 Å². The molecule has 0 aromatic heterocycles. The Balaban J connectivity index is 0.00000256. The summed E-state index contributed by atoms with van der Waals surface area (Å²) in [5.74, 6) is 0.362. The summed E-state index contributed by atoms with van der Waals surface area (Å²) in [6, 6.07) is 16.5. The number of nitrogens with zero attached hydrogens (tertiary/aromatic N) is 1. The first-order valence-corrected chi connectivity index (χ1v) is 10.2. The molecule has 3 atom stereocenters. The molecule has 2 N–H and O–H groups in total. The van der Waals surface area contributed by atoms with Crippen molar-refractivity contribution in [2.24, 2.45) is 0 Å². The lowest BCUT2D eigenvalue weighted by Crippen LogP contribution is -2.46. The van der Waals surface area contributed by atoms with Gasteiger partial charge in [0.1, 0.15) is 11.8 Å². The van der Waals surface area contributed by atoms with Crippen LogP contribution in [-0.4, -0.2) is 49.0 Å². The van der Waals surface area contributed by atoms with Gasteiger partial charge in [0, 0.05) is 30.7 Å². The number of carbonyl (C=O) groups is 2. The van der Waals surface area contributed by atoms with Gasteiger partial charge in [0.2, 0.25) is 5.91 Å². The van der Waals surface area contributed by atoms with Crippen molar-refractivity contribution in [3.63, 3.8) is 0 Å². The molecule has 2 fully saturated rings. The van der Waals surface area contributed by atoms with E-state index >= 15 is 0 Å². The molecule has 160 valence electrons. The molecule has 2 bridgehead atoms. The molecule has 30 heavy (non-hydrogen) atoms. The Morgan fingerprint density at radius 3 is 2.43 bits per heavy atom. The van der Waals surface area contributed by atoms with Crippen LogP contribution in [0.4, 0.5) is 0 Å². The summed E-state index contributed by atoms with van der Waals surface area (Å²) in [6.07, 6.45) is 3.24. The maximum absolute atomic E-state index is 13.5. The predicted octanol–water partition coefficient (Wildman–Crippen LogP) is 2.94. The molecule has 0 radical (unpaired) electrons. The van der Waals surface area contributed by atoms with Gasteiger partial charge in [-0.2, -0.15) is 0 Å². The molecule has 7 heteroatoms. The fourth-order valence-corrected chi connectivity index (χ4v) is 4.22. The average molecular weight is 430 g/mol. The number of nitrogens with one attached hydrogen (secondary N) is 2. The molecule has 0 spiro atoms. The van der Waals surface area contributed by atoms with Crippen molar-refractivity contribution in [2.75, 3.05) is 20.2 Å². The fraction of sp³-hybridized carbons (Fsp3) is 0.391. The molecule has 2 aromatic rings. The molecule has 4 rings (SSSR count). The van der Waals surface area contributed by atoms with Crippen LogP contribution in [0.3, 0.4) is 0 Å². The number of methoxy groups -OCH3 is 1. The zero-order valence-corrected chi connectivity index (χ0v) is 17.9. The summed E-state index contributed by atoms with van der Waals surface area (Å²) in [5.41, 5.74) is 1.29. The van der Waals surface area contributed by atoms with Crippen LogP contribution in [0.25, 0.3) is 0 Å². The highest BCUT2D eigenvalue weighted by molar-refractivity contribution is 5.98. The summed E-state index contributed by atoms with van der Waals surface area (Å²) in [4.78, 5) is 28.2. The molecule has 3 unspecified atom stereocenters. The number of hydrogen-bond donors (Lipinski definition) is 2. The predicted molar refractivity (Wildman–Crippen MR) is 118 cm³/mol. The maximum Gasteiger partial charge on any atom is 0.252 e. The zero-order valence-electron chi connectivity index (χ0n) is 17.0. The Kier molecular flexibility index (Phi) is 7.34. The lowest BCUT2D eigenvalue weighted by molar-refractivity contribution is -0.133. The summed E-state index contributed by atoms with van der Waals surface area (Å²) in [7, 11) is 1.59. The Bertz CT molecular complexity index is 860.